The summed E-state index contributed by atoms with van der Waals surface area (Å²) in [6.45, 7) is 11.7. The van der Waals surface area contributed by atoms with E-state index in [4.69, 9.17) is 9.47 Å². The Kier molecular flexibility index (Phi) is 7.82. The topological polar surface area (TPSA) is 30.5 Å². The Balaban J connectivity index is 2.67. The van der Waals surface area contributed by atoms with Crippen LogP contribution in [0.2, 0.25) is 0 Å². The molecule has 1 rings (SSSR count). The Labute approximate surface area is 123 Å². The molecule has 0 aliphatic carbocycles. The Bertz CT molecular complexity index is 404. The van der Waals surface area contributed by atoms with Crippen molar-refractivity contribution in [1.82, 2.24) is 5.32 Å². The lowest BCUT2D eigenvalue weighted by molar-refractivity contribution is 0.0658. The zero-order chi connectivity index (χ0) is 15.0. The second-order valence-corrected chi connectivity index (χ2v) is 5.30. The Hall–Kier alpha value is -0.900. The zero-order valence-electron chi connectivity index (χ0n) is 13.6. The van der Waals surface area contributed by atoms with Gasteiger partial charge in [-0.3, -0.25) is 0 Å². The molecular formula is C17H29NO2. The molecular weight excluding hydrogens is 250 g/mol. The van der Waals surface area contributed by atoms with Crippen LogP contribution >= 0.6 is 0 Å². The van der Waals surface area contributed by atoms with Crippen molar-refractivity contribution in [3.05, 3.63) is 34.4 Å². The van der Waals surface area contributed by atoms with E-state index in [0.717, 1.165) is 19.6 Å². The van der Waals surface area contributed by atoms with E-state index in [0.29, 0.717) is 19.3 Å². The van der Waals surface area contributed by atoms with Gasteiger partial charge >= 0.3 is 0 Å². The van der Waals surface area contributed by atoms with Crippen LogP contribution in [-0.4, -0.2) is 33.5 Å². The minimum atomic E-state index is 0.363. The molecule has 0 saturated heterocycles. The van der Waals surface area contributed by atoms with Gasteiger partial charge in [0.05, 0.1) is 13.2 Å². The van der Waals surface area contributed by atoms with Crippen LogP contribution in [-0.2, 0) is 9.47 Å². The van der Waals surface area contributed by atoms with Gasteiger partial charge in [-0.1, -0.05) is 19.1 Å². The fraction of sp³-hybridized carbons (Fsp3) is 0.647. The molecule has 0 aliphatic rings. The summed E-state index contributed by atoms with van der Waals surface area (Å²) in [4.78, 5) is 0. The van der Waals surface area contributed by atoms with Crippen molar-refractivity contribution < 1.29 is 9.47 Å². The molecule has 0 aromatic heterocycles. The number of nitrogens with one attached hydrogen (secondary N) is 1. The van der Waals surface area contributed by atoms with Crippen LogP contribution in [0.15, 0.2) is 12.1 Å². The summed E-state index contributed by atoms with van der Waals surface area (Å²) >= 11 is 0. The van der Waals surface area contributed by atoms with Crippen LogP contribution in [0.4, 0.5) is 0 Å². The predicted octanol–water partition coefficient (Wildman–Crippen LogP) is 3.32. The van der Waals surface area contributed by atoms with Gasteiger partial charge in [0.15, 0.2) is 0 Å². The molecule has 1 aromatic carbocycles. The number of methoxy groups -OCH3 is 1. The van der Waals surface area contributed by atoms with E-state index in [1.807, 2.05) is 0 Å². The molecule has 3 nitrogen and oxygen atoms in total. The van der Waals surface area contributed by atoms with E-state index in [1.165, 1.54) is 22.3 Å². The van der Waals surface area contributed by atoms with Gasteiger partial charge in [0.1, 0.15) is 0 Å². The highest BCUT2D eigenvalue weighted by molar-refractivity contribution is 5.38. The Morgan fingerprint density at radius 1 is 1.00 bits per heavy atom. The molecule has 1 N–H and O–H groups in total. The molecule has 1 atom stereocenters. The Morgan fingerprint density at radius 3 is 2.35 bits per heavy atom. The van der Waals surface area contributed by atoms with Crippen LogP contribution in [0.5, 0.6) is 0 Å². The smallest absolute Gasteiger partial charge is 0.0700 e. The molecule has 0 amide bonds. The maximum atomic E-state index is 5.60. The fourth-order valence-corrected chi connectivity index (χ4v) is 2.42. The van der Waals surface area contributed by atoms with E-state index in [1.54, 1.807) is 7.11 Å². The third kappa shape index (κ3) is 5.23. The lowest BCUT2D eigenvalue weighted by atomic mass is 9.94. The van der Waals surface area contributed by atoms with Crippen LogP contribution in [0.1, 0.15) is 41.6 Å². The maximum Gasteiger partial charge on any atom is 0.0700 e. The number of benzene rings is 1. The molecule has 0 bridgehead atoms. The molecule has 3 heteroatoms. The minimum Gasteiger partial charge on any atom is -0.382 e. The quantitative estimate of drug-likeness (QED) is 0.703. The first-order valence-electron chi connectivity index (χ1n) is 7.48. The zero-order valence-corrected chi connectivity index (χ0v) is 13.6. The van der Waals surface area contributed by atoms with Crippen molar-refractivity contribution in [1.29, 1.82) is 0 Å². The van der Waals surface area contributed by atoms with Gasteiger partial charge < -0.3 is 14.8 Å². The van der Waals surface area contributed by atoms with E-state index >= 15 is 0 Å². The fourth-order valence-electron chi connectivity index (χ4n) is 2.42. The maximum absolute atomic E-state index is 5.60. The molecule has 20 heavy (non-hydrogen) atoms. The second kappa shape index (κ2) is 9.11. The van der Waals surface area contributed by atoms with Gasteiger partial charge in [0, 0.05) is 19.8 Å². The number of ether oxygens (including phenoxy) is 2. The highest BCUT2D eigenvalue weighted by atomic mass is 16.5. The van der Waals surface area contributed by atoms with Crippen LogP contribution in [0, 0.1) is 20.8 Å². The lowest BCUT2D eigenvalue weighted by Crippen LogP contribution is -2.23. The van der Waals surface area contributed by atoms with Gasteiger partial charge in [-0.2, -0.15) is 0 Å². The highest BCUT2D eigenvalue weighted by Gasteiger charge is 2.13. The van der Waals surface area contributed by atoms with E-state index in [9.17, 15) is 0 Å². The SMILES string of the molecule is CCNC(CCOCCOC)c1cc(C)c(C)cc1C. The van der Waals surface area contributed by atoms with Gasteiger partial charge in [-0.25, -0.2) is 0 Å². The molecule has 0 saturated carbocycles. The van der Waals surface area contributed by atoms with Crippen molar-refractivity contribution in [3.63, 3.8) is 0 Å². The molecule has 0 radical (unpaired) electrons. The lowest BCUT2D eigenvalue weighted by Gasteiger charge is -2.22. The molecule has 0 fully saturated rings. The van der Waals surface area contributed by atoms with Crippen molar-refractivity contribution in [2.75, 3.05) is 33.5 Å². The van der Waals surface area contributed by atoms with Crippen LogP contribution < -0.4 is 5.32 Å². The van der Waals surface area contributed by atoms with Crippen molar-refractivity contribution in [3.8, 4) is 0 Å². The first-order chi connectivity index (χ1) is 9.60. The second-order valence-electron chi connectivity index (χ2n) is 5.30. The first-order valence-corrected chi connectivity index (χ1v) is 7.48. The average Bonchev–Trinajstić information content (AvgIpc) is 2.41. The summed E-state index contributed by atoms with van der Waals surface area (Å²) in [5, 5.41) is 3.57. The van der Waals surface area contributed by atoms with Crippen molar-refractivity contribution >= 4 is 0 Å². The molecule has 0 heterocycles. The first kappa shape index (κ1) is 17.2. The number of aryl methyl sites for hydroxylation is 3. The van der Waals surface area contributed by atoms with Crippen molar-refractivity contribution in [2.24, 2.45) is 0 Å². The summed E-state index contributed by atoms with van der Waals surface area (Å²) in [7, 11) is 1.70. The third-order valence-electron chi connectivity index (χ3n) is 3.69. The monoisotopic (exact) mass is 279 g/mol. The largest absolute Gasteiger partial charge is 0.382 e. The highest BCUT2D eigenvalue weighted by Crippen LogP contribution is 2.24. The van der Waals surface area contributed by atoms with E-state index < -0.39 is 0 Å². The predicted molar refractivity (Wildman–Crippen MR) is 84.4 cm³/mol. The number of hydrogen-bond acceptors (Lipinski definition) is 3. The number of rotatable bonds is 9. The van der Waals surface area contributed by atoms with Crippen LogP contribution in [0.3, 0.4) is 0 Å². The summed E-state index contributed by atoms with van der Waals surface area (Å²) in [6, 6.07) is 4.95. The molecule has 1 aromatic rings. The van der Waals surface area contributed by atoms with Gasteiger partial charge in [0.2, 0.25) is 0 Å². The standard InChI is InChI=1S/C17H29NO2/c1-6-18-17(7-8-20-10-9-19-5)16-12-14(3)13(2)11-15(16)4/h11-12,17-18H,6-10H2,1-5H3. The van der Waals surface area contributed by atoms with Crippen molar-refractivity contribution in [2.45, 2.75) is 40.2 Å². The molecule has 1 unspecified atom stereocenters. The Morgan fingerprint density at radius 2 is 1.70 bits per heavy atom. The summed E-state index contributed by atoms with van der Waals surface area (Å²) in [6.07, 6.45) is 0.987. The average molecular weight is 279 g/mol. The van der Waals surface area contributed by atoms with E-state index in [-0.39, 0.29) is 0 Å². The summed E-state index contributed by atoms with van der Waals surface area (Å²) in [5.41, 5.74) is 5.47. The van der Waals surface area contributed by atoms with Crippen LogP contribution in [0.25, 0.3) is 0 Å². The molecule has 114 valence electrons. The van der Waals surface area contributed by atoms with Gasteiger partial charge in [-0.15, -0.1) is 0 Å². The van der Waals surface area contributed by atoms with E-state index in [2.05, 4.69) is 45.1 Å². The molecule has 0 spiro atoms. The third-order valence-corrected chi connectivity index (χ3v) is 3.69. The van der Waals surface area contributed by atoms with Gasteiger partial charge in [-0.05, 0) is 56.0 Å². The van der Waals surface area contributed by atoms with Gasteiger partial charge in [0.25, 0.3) is 0 Å². The summed E-state index contributed by atoms with van der Waals surface area (Å²) < 4.78 is 10.6. The number of hydrogen-bond donors (Lipinski definition) is 1. The normalized spacial score (nSPS) is 12.7. The summed E-state index contributed by atoms with van der Waals surface area (Å²) in [5.74, 6) is 0. The molecule has 0 aliphatic heterocycles. The minimum absolute atomic E-state index is 0.363.